The van der Waals surface area contributed by atoms with Gasteiger partial charge in [-0.2, -0.15) is 0 Å². The lowest BCUT2D eigenvalue weighted by molar-refractivity contribution is 0.375. The molecular weight excluding hydrogens is 181 g/mol. The fraction of sp³-hybridized carbons (Fsp3) is 0.455. The second-order valence-electron chi connectivity index (χ2n) is 3.73. The molecule has 1 atom stereocenters. The monoisotopic (exact) mass is 195 g/mol. The molecule has 76 valence electrons. The standard InChI is InChI=1S/C11H14FNO/c1-14-11-8(3-2-4-9(11)12)10(13)7-5-6-7/h2-4,7,10H,5-6,13H2,1H3/t10-/m1/s1. The van der Waals surface area contributed by atoms with Crippen LogP contribution in [0.25, 0.3) is 0 Å². The predicted molar refractivity (Wildman–Crippen MR) is 52.6 cm³/mol. The minimum Gasteiger partial charge on any atom is -0.493 e. The molecule has 1 fully saturated rings. The van der Waals surface area contributed by atoms with E-state index in [1.165, 1.54) is 13.2 Å². The van der Waals surface area contributed by atoms with E-state index >= 15 is 0 Å². The average molecular weight is 195 g/mol. The van der Waals surface area contributed by atoms with Gasteiger partial charge in [0, 0.05) is 11.6 Å². The van der Waals surface area contributed by atoms with Crippen LogP contribution < -0.4 is 10.5 Å². The first kappa shape index (κ1) is 9.46. The van der Waals surface area contributed by atoms with Crippen LogP contribution in [0.15, 0.2) is 18.2 Å². The van der Waals surface area contributed by atoms with Crippen molar-refractivity contribution in [2.24, 2.45) is 11.7 Å². The third-order valence-corrected chi connectivity index (χ3v) is 2.69. The fourth-order valence-corrected chi connectivity index (χ4v) is 1.71. The Morgan fingerprint density at radius 2 is 2.21 bits per heavy atom. The van der Waals surface area contributed by atoms with Gasteiger partial charge >= 0.3 is 0 Å². The van der Waals surface area contributed by atoms with Crippen LogP contribution in [-0.2, 0) is 0 Å². The second-order valence-corrected chi connectivity index (χ2v) is 3.73. The van der Waals surface area contributed by atoms with E-state index in [9.17, 15) is 4.39 Å². The summed E-state index contributed by atoms with van der Waals surface area (Å²) in [7, 11) is 1.47. The van der Waals surface area contributed by atoms with Crippen molar-refractivity contribution in [3.05, 3.63) is 29.6 Å². The molecule has 1 aliphatic rings. The topological polar surface area (TPSA) is 35.2 Å². The summed E-state index contributed by atoms with van der Waals surface area (Å²) in [5.74, 6) is 0.471. The largest absolute Gasteiger partial charge is 0.493 e. The molecule has 1 saturated carbocycles. The van der Waals surface area contributed by atoms with Crippen molar-refractivity contribution in [1.29, 1.82) is 0 Å². The average Bonchev–Trinajstić information content (AvgIpc) is 2.99. The van der Waals surface area contributed by atoms with Crippen LogP contribution in [0.1, 0.15) is 24.4 Å². The zero-order valence-corrected chi connectivity index (χ0v) is 8.16. The highest BCUT2D eigenvalue weighted by atomic mass is 19.1. The Labute approximate surface area is 82.9 Å². The lowest BCUT2D eigenvalue weighted by atomic mass is 10.0. The predicted octanol–water partition coefficient (Wildman–Crippen LogP) is 2.24. The molecule has 0 spiro atoms. The number of para-hydroxylation sites is 1. The van der Waals surface area contributed by atoms with Crippen molar-refractivity contribution in [1.82, 2.24) is 0 Å². The van der Waals surface area contributed by atoms with Crippen molar-refractivity contribution in [3.63, 3.8) is 0 Å². The maximum atomic E-state index is 13.3. The number of rotatable bonds is 3. The van der Waals surface area contributed by atoms with Gasteiger partial charge in [0.1, 0.15) is 0 Å². The van der Waals surface area contributed by atoms with Gasteiger partial charge in [0.05, 0.1) is 7.11 Å². The summed E-state index contributed by atoms with van der Waals surface area (Å²) in [5, 5.41) is 0. The second kappa shape index (κ2) is 3.58. The van der Waals surface area contributed by atoms with E-state index in [1.807, 2.05) is 6.07 Å². The van der Waals surface area contributed by atoms with E-state index in [2.05, 4.69) is 0 Å². The molecule has 0 amide bonds. The van der Waals surface area contributed by atoms with Crippen molar-refractivity contribution in [3.8, 4) is 5.75 Å². The Morgan fingerprint density at radius 3 is 2.79 bits per heavy atom. The van der Waals surface area contributed by atoms with Gasteiger partial charge in [0.15, 0.2) is 11.6 Å². The van der Waals surface area contributed by atoms with Gasteiger partial charge in [-0.3, -0.25) is 0 Å². The van der Waals surface area contributed by atoms with E-state index in [0.717, 1.165) is 18.4 Å². The van der Waals surface area contributed by atoms with Crippen LogP contribution in [0.4, 0.5) is 4.39 Å². The van der Waals surface area contributed by atoms with Crippen LogP contribution in [0.2, 0.25) is 0 Å². The smallest absolute Gasteiger partial charge is 0.165 e. The maximum absolute atomic E-state index is 13.3. The highest BCUT2D eigenvalue weighted by molar-refractivity contribution is 5.38. The Bertz CT molecular complexity index is 336. The molecule has 2 rings (SSSR count). The fourth-order valence-electron chi connectivity index (χ4n) is 1.71. The van der Waals surface area contributed by atoms with E-state index in [0.29, 0.717) is 11.7 Å². The quantitative estimate of drug-likeness (QED) is 0.802. The van der Waals surface area contributed by atoms with Crippen molar-refractivity contribution in [2.75, 3.05) is 7.11 Å². The highest BCUT2D eigenvalue weighted by Crippen LogP contribution is 2.42. The van der Waals surface area contributed by atoms with Crippen LogP contribution >= 0.6 is 0 Å². The van der Waals surface area contributed by atoms with Gasteiger partial charge in [-0.05, 0) is 24.8 Å². The van der Waals surface area contributed by atoms with Crippen LogP contribution in [0.3, 0.4) is 0 Å². The van der Waals surface area contributed by atoms with Gasteiger partial charge in [-0.15, -0.1) is 0 Å². The number of benzene rings is 1. The van der Waals surface area contributed by atoms with E-state index in [4.69, 9.17) is 10.5 Å². The Kier molecular flexibility index (Phi) is 2.42. The molecule has 2 N–H and O–H groups in total. The van der Waals surface area contributed by atoms with Gasteiger partial charge in [-0.1, -0.05) is 12.1 Å². The third kappa shape index (κ3) is 1.60. The first-order valence-corrected chi connectivity index (χ1v) is 4.82. The molecule has 1 aromatic rings. The van der Waals surface area contributed by atoms with Gasteiger partial charge in [-0.25, -0.2) is 4.39 Å². The van der Waals surface area contributed by atoms with Crippen LogP contribution in [-0.4, -0.2) is 7.11 Å². The summed E-state index contributed by atoms with van der Waals surface area (Å²) < 4.78 is 18.3. The summed E-state index contributed by atoms with van der Waals surface area (Å²) in [6, 6.07) is 4.82. The van der Waals surface area contributed by atoms with Crippen LogP contribution in [0.5, 0.6) is 5.75 Å². The minimum absolute atomic E-state index is 0.0827. The molecule has 1 aromatic carbocycles. The van der Waals surface area contributed by atoms with E-state index < -0.39 is 0 Å². The normalized spacial score (nSPS) is 17.9. The highest BCUT2D eigenvalue weighted by Gasteiger charge is 2.31. The number of ether oxygens (including phenoxy) is 1. The van der Waals surface area contributed by atoms with Crippen molar-refractivity contribution >= 4 is 0 Å². The summed E-state index contributed by atoms with van der Waals surface area (Å²) in [4.78, 5) is 0. The lowest BCUT2D eigenvalue weighted by Gasteiger charge is -2.15. The summed E-state index contributed by atoms with van der Waals surface area (Å²) in [5.41, 5.74) is 6.79. The molecule has 0 bridgehead atoms. The molecule has 0 saturated heterocycles. The molecule has 0 unspecified atom stereocenters. The van der Waals surface area contributed by atoms with Gasteiger partial charge in [0.25, 0.3) is 0 Å². The molecule has 0 radical (unpaired) electrons. The van der Waals surface area contributed by atoms with Crippen LogP contribution in [0, 0.1) is 11.7 Å². The first-order valence-electron chi connectivity index (χ1n) is 4.82. The number of hydrogen-bond donors (Lipinski definition) is 1. The molecule has 14 heavy (non-hydrogen) atoms. The third-order valence-electron chi connectivity index (χ3n) is 2.69. The summed E-state index contributed by atoms with van der Waals surface area (Å²) in [6.45, 7) is 0. The number of halogens is 1. The Hall–Kier alpha value is -1.09. The lowest BCUT2D eigenvalue weighted by Crippen LogP contribution is -2.14. The molecule has 2 nitrogen and oxygen atoms in total. The number of methoxy groups -OCH3 is 1. The Morgan fingerprint density at radius 1 is 1.50 bits per heavy atom. The number of nitrogens with two attached hydrogens (primary N) is 1. The maximum Gasteiger partial charge on any atom is 0.165 e. The minimum atomic E-state index is -0.332. The first-order chi connectivity index (χ1) is 6.74. The van der Waals surface area contributed by atoms with E-state index in [1.54, 1.807) is 6.07 Å². The summed E-state index contributed by atoms with van der Waals surface area (Å²) in [6.07, 6.45) is 2.28. The van der Waals surface area contributed by atoms with Gasteiger partial charge in [0.2, 0.25) is 0 Å². The molecule has 0 aliphatic heterocycles. The summed E-state index contributed by atoms with van der Waals surface area (Å²) >= 11 is 0. The molecule has 3 heteroatoms. The molecule has 0 aromatic heterocycles. The SMILES string of the molecule is COc1c(F)cccc1[C@H](N)C1CC1. The molecule has 1 aliphatic carbocycles. The van der Waals surface area contributed by atoms with Crippen molar-refractivity contribution in [2.45, 2.75) is 18.9 Å². The van der Waals surface area contributed by atoms with Gasteiger partial charge < -0.3 is 10.5 Å². The zero-order chi connectivity index (χ0) is 10.1. The Balaban J connectivity index is 2.35. The zero-order valence-electron chi connectivity index (χ0n) is 8.16. The van der Waals surface area contributed by atoms with Crippen molar-refractivity contribution < 1.29 is 9.13 Å². The molecular formula is C11H14FNO. The molecule has 0 heterocycles. The van der Waals surface area contributed by atoms with E-state index in [-0.39, 0.29) is 11.9 Å². The number of hydrogen-bond acceptors (Lipinski definition) is 2.